The molecule has 0 saturated carbocycles. The van der Waals surface area contributed by atoms with Gasteiger partial charge in [-0.15, -0.1) is 0 Å². The Morgan fingerprint density at radius 2 is 1.73 bits per heavy atom. The van der Waals surface area contributed by atoms with Gasteiger partial charge in [0, 0.05) is 10.9 Å². The van der Waals surface area contributed by atoms with Crippen molar-refractivity contribution in [2.45, 2.75) is 18.4 Å². The molecule has 0 unspecified atom stereocenters. The maximum Gasteiger partial charge on any atom is 0.0826 e. The maximum atomic E-state index is 6.44. The summed E-state index contributed by atoms with van der Waals surface area (Å²) in [6.45, 7) is 0. The molecule has 2 aromatic carbocycles. The van der Waals surface area contributed by atoms with E-state index >= 15 is 0 Å². The van der Waals surface area contributed by atoms with Gasteiger partial charge in [-0.1, -0.05) is 71.2 Å². The molecular weight excluding hydrogens is 337 g/mol. The van der Waals surface area contributed by atoms with Crippen molar-refractivity contribution in [1.29, 1.82) is 0 Å². The van der Waals surface area contributed by atoms with Gasteiger partial charge < -0.3 is 5.32 Å². The number of hydrogen-bond acceptors (Lipinski definition) is 1. The zero-order valence-electron chi connectivity index (χ0n) is 11.7. The Kier molecular flexibility index (Phi) is 3.60. The van der Waals surface area contributed by atoms with Crippen LogP contribution in [0.2, 0.25) is 15.1 Å². The first-order chi connectivity index (χ1) is 10.7. The molecule has 0 fully saturated rings. The highest BCUT2D eigenvalue weighted by atomic mass is 35.5. The summed E-state index contributed by atoms with van der Waals surface area (Å²) in [4.78, 5) is 0. The number of fused-ring (bicyclic) bond motifs is 3. The number of rotatable bonds is 1. The molecule has 1 heterocycles. The molecular formula is C18H14Cl3N. The fraction of sp³-hybridized carbons (Fsp3) is 0.222. The SMILES string of the molecule is Clc1ccccc1[C@@H]1Nc2c(ccc(Cl)c2Cl)[C@H]2C=CC[C@H]21. The molecule has 4 heteroatoms. The number of allylic oxidation sites excluding steroid dienone is 2. The molecule has 0 amide bonds. The molecule has 0 bridgehead atoms. The lowest BCUT2D eigenvalue weighted by Gasteiger charge is -2.38. The van der Waals surface area contributed by atoms with Gasteiger partial charge in [-0.05, 0) is 35.6 Å². The van der Waals surface area contributed by atoms with Gasteiger partial charge in [0.05, 0.1) is 21.8 Å². The van der Waals surface area contributed by atoms with Crippen molar-refractivity contribution in [2.75, 3.05) is 5.32 Å². The fourth-order valence-corrected chi connectivity index (χ4v) is 4.28. The molecule has 1 aliphatic carbocycles. The van der Waals surface area contributed by atoms with Crippen molar-refractivity contribution in [2.24, 2.45) is 5.92 Å². The van der Waals surface area contributed by atoms with Crippen LogP contribution in [0.3, 0.4) is 0 Å². The Hall–Kier alpha value is -1.15. The van der Waals surface area contributed by atoms with Gasteiger partial charge in [0.2, 0.25) is 0 Å². The summed E-state index contributed by atoms with van der Waals surface area (Å²) in [6.07, 6.45) is 5.56. The maximum absolute atomic E-state index is 6.44. The third-order valence-electron chi connectivity index (χ3n) is 4.67. The first-order valence-electron chi connectivity index (χ1n) is 7.32. The van der Waals surface area contributed by atoms with Gasteiger partial charge in [-0.2, -0.15) is 0 Å². The van der Waals surface area contributed by atoms with Crippen molar-refractivity contribution < 1.29 is 0 Å². The largest absolute Gasteiger partial charge is 0.376 e. The van der Waals surface area contributed by atoms with Gasteiger partial charge >= 0.3 is 0 Å². The summed E-state index contributed by atoms with van der Waals surface area (Å²) < 4.78 is 0. The quantitative estimate of drug-likeness (QED) is 0.581. The van der Waals surface area contributed by atoms with Crippen LogP contribution in [0.1, 0.15) is 29.5 Å². The van der Waals surface area contributed by atoms with Crippen molar-refractivity contribution >= 4 is 40.5 Å². The molecule has 0 aromatic heterocycles. The Morgan fingerprint density at radius 3 is 2.55 bits per heavy atom. The Bertz CT molecular complexity index is 769. The lowest BCUT2D eigenvalue weighted by molar-refractivity contribution is 0.426. The predicted octanol–water partition coefficient (Wildman–Crippen LogP) is 6.47. The molecule has 22 heavy (non-hydrogen) atoms. The van der Waals surface area contributed by atoms with Gasteiger partial charge in [0.25, 0.3) is 0 Å². The van der Waals surface area contributed by atoms with E-state index in [9.17, 15) is 0 Å². The highest BCUT2D eigenvalue weighted by Crippen LogP contribution is 2.53. The highest BCUT2D eigenvalue weighted by molar-refractivity contribution is 6.43. The molecule has 0 radical (unpaired) electrons. The summed E-state index contributed by atoms with van der Waals surface area (Å²) in [5.41, 5.74) is 3.27. The van der Waals surface area contributed by atoms with Crippen LogP contribution in [0.25, 0.3) is 0 Å². The van der Waals surface area contributed by atoms with E-state index in [0.717, 1.165) is 22.7 Å². The lowest BCUT2D eigenvalue weighted by Crippen LogP contribution is -2.29. The lowest BCUT2D eigenvalue weighted by atomic mass is 9.77. The average Bonchev–Trinajstić information content (AvgIpc) is 3.00. The fourth-order valence-electron chi connectivity index (χ4n) is 3.64. The van der Waals surface area contributed by atoms with Crippen LogP contribution < -0.4 is 5.32 Å². The monoisotopic (exact) mass is 349 g/mol. The second kappa shape index (κ2) is 5.49. The molecule has 0 saturated heterocycles. The molecule has 1 nitrogen and oxygen atoms in total. The predicted molar refractivity (Wildman–Crippen MR) is 94.3 cm³/mol. The van der Waals surface area contributed by atoms with E-state index in [1.165, 1.54) is 5.56 Å². The van der Waals surface area contributed by atoms with E-state index in [4.69, 9.17) is 34.8 Å². The number of anilines is 1. The summed E-state index contributed by atoms with van der Waals surface area (Å²) in [7, 11) is 0. The number of benzene rings is 2. The first kappa shape index (κ1) is 14.4. The number of hydrogen-bond donors (Lipinski definition) is 1. The van der Waals surface area contributed by atoms with Crippen LogP contribution in [0, 0.1) is 5.92 Å². The second-order valence-corrected chi connectivity index (χ2v) is 7.01. The van der Waals surface area contributed by atoms with Crippen LogP contribution in [0.15, 0.2) is 48.6 Å². The summed E-state index contributed by atoms with van der Waals surface area (Å²) in [5.74, 6) is 0.803. The smallest absolute Gasteiger partial charge is 0.0826 e. The molecule has 1 aliphatic heterocycles. The summed E-state index contributed by atoms with van der Waals surface area (Å²) in [5, 5.41) is 5.55. The molecule has 3 atom stereocenters. The third-order valence-corrected chi connectivity index (χ3v) is 5.82. The first-order valence-corrected chi connectivity index (χ1v) is 8.45. The van der Waals surface area contributed by atoms with Crippen molar-refractivity contribution in [1.82, 2.24) is 0 Å². The Morgan fingerprint density at radius 1 is 0.909 bits per heavy atom. The van der Waals surface area contributed by atoms with Gasteiger partial charge in [-0.25, -0.2) is 0 Å². The summed E-state index contributed by atoms with van der Waals surface area (Å²) in [6, 6.07) is 12.1. The van der Waals surface area contributed by atoms with Crippen molar-refractivity contribution in [3.05, 3.63) is 74.7 Å². The molecule has 2 aliphatic rings. The van der Waals surface area contributed by atoms with Gasteiger partial charge in [-0.3, -0.25) is 0 Å². The van der Waals surface area contributed by atoms with E-state index < -0.39 is 0 Å². The van der Waals surface area contributed by atoms with E-state index in [1.807, 2.05) is 24.3 Å². The Labute approximate surface area is 144 Å². The minimum atomic E-state index is 0.136. The van der Waals surface area contributed by atoms with Crippen LogP contribution in [-0.2, 0) is 0 Å². The minimum Gasteiger partial charge on any atom is -0.376 e. The second-order valence-electron chi connectivity index (χ2n) is 5.82. The van der Waals surface area contributed by atoms with E-state index in [0.29, 0.717) is 21.9 Å². The zero-order valence-corrected chi connectivity index (χ0v) is 14.0. The van der Waals surface area contributed by atoms with E-state index in [1.54, 1.807) is 0 Å². The van der Waals surface area contributed by atoms with Crippen molar-refractivity contribution in [3.63, 3.8) is 0 Å². The molecule has 1 N–H and O–H groups in total. The van der Waals surface area contributed by atoms with Gasteiger partial charge in [0.15, 0.2) is 0 Å². The summed E-state index contributed by atoms with van der Waals surface area (Å²) >= 11 is 19.1. The van der Waals surface area contributed by atoms with E-state index in [2.05, 4.69) is 29.6 Å². The van der Waals surface area contributed by atoms with Gasteiger partial charge in [0.1, 0.15) is 0 Å². The number of halogens is 3. The van der Waals surface area contributed by atoms with Crippen LogP contribution in [0.5, 0.6) is 0 Å². The molecule has 2 aromatic rings. The molecule has 112 valence electrons. The Balaban J connectivity index is 1.87. The average molecular weight is 351 g/mol. The van der Waals surface area contributed by atoms with Crippen LogP contribution >= 0.6 is 34.8 Å². The normalized spacial score (nSPS) is 25.5. The van der Waals surface area contributed by atoms with Crippen molar-refractivity contribution in [3.8, 4) is 0 Å². The standard InChI is InChI=1S/C18H14Cl3N/c19-14-7-2-1-4-13(14)17-11-6-3-5-10(11)12-8-9-15(20)16(21)18(12)22-17/h1-5,7-11,17,22H,6H2/t10-,11+,17+/m0/s1. The van der Waals surface area contributed by atoms with Crippen LogP contribution in [0.4, 0.5) is 5.69 Å². The highest BCUT2D eigenvalue weighted by Gasteiger charge is 2.39. The molecule has 4 rings (SSSR count). The topological polar surface area (TPSA) is 12.0 Å². The third kappa shape index (κ3) is 2.15. The van der Waals surface area contributed by atoms with Crippen LogP contribution in [-0.4, -0.2) is 0 Å². The number of nitrogens with one attached hydrogen (secondary N) is 1. The van der Waals surface area contributed by atoms with E-state index in [-0.39, 0.29) is 6.04 Å². The zero-order chi connectivity index (χ0) is 15.3. The molecule has 0 spiro atoms. The minimum absolute atomic E-state index is 0.136.